The van der Waals surface area contributed by atoms with E-state index in [1.165, 1.54) is 18.2 Å². The zero-order valence-electron chi connectivity index (χ0n) is 15.3. The highest BCUT2D eigenvalue weighted by molar-refractivity contribution is 5.96. The molecule has 0 unspecified atom stereocenters. The first-order valence-electron chi connectivity index (χ1n) is 8.62. The number of carbonyl (C=O) groups is 4. The average molecular weight is 400 g/mol. The number of ether oxygens (including phenoxy) is 1. The van der Waals surface area contributed by atoms with Crippen LogP contribution in [0.4, 0.5) is 0 Å². The molecule has 29 heavy (non-hydrogen) atoms. The van der Waals surface area contributed by atoms with Gasteiger partial charge >= 0.3 is 5.97 Å². The largest absolute Gasteiger partial charge is 0.507 e. The molecule has 2 rings (SSSR count). The molecule has 0 bridgehead atoms. The molecule has 0 heterocycles. The number of phenolic OH excluding ortho intramolecular Hbond substituents is 1. The molecular formula is C20H20N2O7. The zero-order chi connectivity index (χ0) is 21.4. The smallest absolute Gasteiger partial charge is 0.326 e. The number of nitrogens with two attached hydrogens (primary N) is 1. The third-order valence-electron chi connectivity index (χ3n) is 4.05. The Kier molecular flexibility index (Phi) is 7.30. The molecule has 5 N–H and O–H groups in total. The van der Waals surface area contributed by atoms with Crippen molar-refractivity contribution >= 4 is 24.1 Å². The van der Waals surface area contributed by atoms with Crippen LogP contribution in [-0.4, -0.2) is 40.3 Å². The van der Waals surface area contributed by atoms with Crippen molar-refractivity contribution in [3.05, 3.63) is 59.2 Å². The summed E-state index contributed by atoms with van der Waals surface area (Å²) >= 11 is 0. The number of aromatic hydroxyl groups is 1. The summed E-state index contributed by atoms with van der Waals surface area (Å²) in [4.78, 5) is 45.3. The van der Waals surface area contributed by atoms with Crippen molar-refractivity contribution in [2.75, 3.05) is 0 Å². The van der Waals surface area contributed by atoms with E-state index >= 15 is 0 Å². The fourth-order valence-corrected chi connectivity index (χ4v) is 2.48. The van der Waals surface area contributed by atoms with E-state index < -0.39 is 23.8 Å². The van der Waals surface area contributed by atoms with Gasteiger partial charge in [-0.15, -0.1) is 0 Å². The summed E-state index contributed by atoms with van der Waals surface area (Å²) in [6.07, 6.45) is 0.228. The van der Waals surface area contributed by atoms with Crippen molar-refractivity contribution in [2.24, 2.45) is 5.73 Å². The summed E-state index contributed by atoms with van der Waals surface area (Å²) in [5.74, 6) is -2.49. The minimum atomic E-state index is -1.26. The highest BCUT2D eigenvalue weighted by Crippen LogP contribution is 2.26. The summed E-state index contributed by atoms with van der Waals surface area (Å²) in [7, 11) is 0. The molecular weight excluding hydrogens is 380 g/mol. The number of benzene rings is 2. The maximum absolute atomic E-state index is 12.2. The third kappa shape index (κ3) is 6.06. The predicted molar refractivity (Wildman–Crippen MR) is 102 cm³/mol. The maximum atomic E-state index is 12.2. The van der Waals surface area contributed by atoms with Crippen LogP contribution in [-0.2, 0) is 16.2 Å². The van der Waals surface area contributed by atoms with Crippen LogP contribution < -0.4 is 15.8 Å². The molecule has 9 nitrogen and oxygen atoms in total. The van der Waals surface area contributed by atoms with Crippen LogP contribution >= 0.6 is 0 Å². The number of rotatable bonds is 10. The molecule has 0 aliphatic carbocycles. The zero-order valence-corrected chi connectivity index (χ0v) is 15.3. The highest BCUT2D eigenvalue weighted by atomic mass is 16.5. The number of hydrogen-bond acceptors (Lipinski definition) is 6. The first kappa shape index (κ1) is 21.4. The van der Waals surface area contributed by atoms with Crippen molar-refractivity contribution in [2.45, 2.75) is 25.5 Å². The number of carbonyl (C=O) groups excluding carboxylic acids is 3. The minimum absolute atomic E-state index is 0.0409. The Morgan fingerprint density at radius 1 is 1.14 bits per heavy atom. The lowest BCUT2D eigenvalue weighted by molar-refractivity contribution is -0.139. The summed E-state index contributed by atoms with van der Waals surface area (Å²) in [6, 6.07) is 9.43. The Balaban J connectivity index is 1.99. The number of hydrogen-bond donors (Lipinski definition) is 4. The van der Waals surface area contributed by atoms with E-state index in [1.807, 2.05) is 0 Å². The van der Waals surface area contributed by atoms with Gasteiger partial charge < -0.3 is 26.0 Å². The van der Waals surface area contributed by atoms with E-state index in [0.29, 0.717) is 11.8 Å². The molecule has 0 saturated heterocycles. The van der Waals surface area contributed by atoms with Gasteiger partial charge in [0.05, 0.1) is 5.56 Å². The molecule has 2 aromatic rings. The first-order chi connectivity index (χ1) is 13.8. The topological polar surface area (TPSA) is 156 Å². The van der Waals surface area contributed by atoms with Crippen LogP contribution in [0.1, 0.15) is 39.1 Å². The van der Waals surface area contributed by atoms with E-state index in [2.05, 4.69) is 5.32 Å². The molecule has 0 aliphatic heterocycles. The van der Waals surface area contributed by atoms with Gasteiger partial charge in [0, 0.05) is 12.0 Å². The van der Waals surface area contributed by atoms with Crippen LogP contribution in [0.2, 0.25) is 0 Å². The maximum Gasteiger partial charge on any atom is 0.326 e. The molecule has 0 aromatic heterocycles. The number of primary amides is 1. The van der Waals surface area contributed by atoms with Crippen molar-refractivity contribution in [3.63, 3.8) is 0 Å². The number of phenols is 1. The molecule has 152 valence electrons. The van der Waals surface area contributed by atoms with Crippen molar-refractivity contribution in [1.82, 2.24) is 5.32 Å². The number of carboxylic acids is 1. The van der Waals surface area contributed by atoms with Crippen LogP contribution in [0, 0.1) is 0 Å². The number of aliphatic carboxylic acids is 1. The van der Waals surface area contributed by atoms with E-state index in [9.17, 15) is 24.3 Å². The SMILES string of the molecule is NC(=O)CC[C@H](NC(=O)c1ccc(COc2cccc(O)c2C=O)cc1)C(=O)O. The lowest BCUT2D eigenvalue weighted by atomic mass is 10.1. The molecule has 0 aliphatic rings. The van der Waals surface area contributed by atoms with Crippen molar-refractivity contribution in [3.8, 4) is 11.5 Å². The number of aldehydes is 1. The van der Waals surface area contributed by atoms with Gasteiger partial charge in [-0.25, -0.2) is 4.79 Å². The third-order valence-corrected chi connectivity index (χ3v) is 4.05. The van der Waals surface area contributed by atoms with Gasteiger partial charge in [0.15, 0.2) is 6.29 Å². The van der Waals surface area contributed by atoms with Crippen LogP contribution in [0.5, 0.6) is 11.5 Å². The second kappa shape index (κ2) is 9.88. The van der Waals surface area contributed by atoms with Gasteiger partial charge in [-0.2, -0.15) is 0 Å². The van der Waals surface area contributed by atoms with Gasteiger partial charge in [0.1, 0.15) is 24.1 Å². The number of carboxylic acid groups (broad SMARTS) is 1. The Morgan fingerprint density at radius 3 is 2.41 bits per heavy atom. The molecule has 2 amide bonds. The number of amides is 2. The van der Waals surface area contributed by atoms with Gasteiger partial charge in [0.25, 0.3) is 5.91 Å². The highest BCUT2D eigenvalue weighted by Gasteiger charge is 2.21. The number of nitrogens with one attached hydrogen (secondary N) is 1. The van der Waals surface area contributed by atoms with Gasteiger partial charge in [-0.05, 0) is 36.2 Å². The van der Waals surface area contributed by atoms with E-state index in [0.717, 1.165) is 0 Å². The monoisotopic (exact) mass is 400 g/mol. The quantitative estimate of drug-likeness (QED) is 0.437. The van der Waals surface area contributed by atoms with E-state index in [4.69, 9.17) is 15.6 Å². The standard InChI is InChI=1S/C20H20N2O7/c21-18(25)9-8-15(20(27)28)22-19(26)13-6-4-12(5-7-13)11-29-17-3-1-2-16(24)14(17)10-23/h1-7,10,15,24H,8-9,11H2,(H2,21,25)(H,22,26)(H,27,28)/t15-/m0/s1. The summed E-state index contributed by atoms with van der Waals surface area (Å²) in [5, 5.41) is 21.1. The molecule has 0 radical (unpaired) electrons. The lowest BCUT2D eigenvalue weighted by Crippen LogP contribution is -2.41. The van der Waals surface area contributed by atoms with Crippen molar-refractivity contribution in [1.29, 1.82) is 0 Å². The van der Waals surface area contributed by atoms with Gasteiger partial charge in [0.2, 0.25) is 5.91 Å². The van der Waals surface area contributed by atoms with E-state index in [1.54, 1.807) is 24.3 Å². The normalized spacial score (nSPS) is 11.3. The van der Waals surface area contributed by atoms with E-state index in [-0.39, 0.29) is 42.1 Å². The van der Waals surface area contributed by atoms with Gasteiger partial charge in [-0.1, -0.05) is 18.2 Å². The molecule has 9 heteroatoms. The van der Waals surface area contributed by atoms with Crippen LogP contribution in [0.15, 0.2) is 42.5 Å². The molecule has 0 saturated carbocycles. The Morgan fingerprint density at radius 2 is 1.83 bits per heavy atom. The minimum Gasteiger partial charge on any atom is -0.507 e. The fraction of sp³-hybridized carbons (Fsp3) is 0.200. The summed E-state index contributed by atoms with van der Waals surface area (Å²) in [5.41, 5.74) is 5.96. The van der Waals surface area contributed by atoms with Gasteiger partial charge in [-0.3, -0.25) is 14.4 Å². The summed E-state index contributed by atoms with van der Waals surface area (Å²) in [6.45, 7) is 0.0859. The molecule has 0 fully saturated rings. The Labute approximate surface area is 166 Å². The predicted octanol–water partition coefficient (Wildman–Crippen LogP) is 1.23. The van der Waals surface area contributed by atoms with Crippen LogP contribution in [0.3, 0.4) is 0 Å². The average Bonchev–Trinajstić information content (AvgIpc) is 2.69. The Bertz CT molecular complexity index is 910. The fourth-order valence-electron chi connectivity index (χ4n) is 2.48. The lowest BCUT2D eigenvalue weighted by Gasteiger charge is -2.14. The molecule has 2 aromatic carbocycles. The molecule has 0 spiro atoms. The second-order valence-corrected chi connectivity index (χ2v) is 6.16. The second-order valence-electron chi connectivity index (χ2n) is 6.16. The van der Waals surface area contributed by atoms with Crippen molar-refractivity contribution < 1.29 is 34.1 Å². The summed E-state index contributed by atoms with van der Waals surface area (Å²) < 4.78 is 5.53. The molecule has 1 atom stereocenters. The first-order valence-corrected chi connectivity index (χ1v) is 8.62. The van der Waals surface area contributed by atoms with Crippen LogP contribution in [0.25, 0.3) is 0 Å². The Hall–Kier alpha value is -3.88.